The van der Waals surface area contributed by atoms with Gasteiger partial charge in [-0.25, -0.2) is 0 Å². The molecule has 0 saturated heterocycles. The fourth-order valence-corrected chi connectivity index (χ4v) is 5.57. The molecular weight excluding hydrogens is 636 g/mol. The number of hydrogen-bond donors (Lipinski definition) is 0. The van der Waals surface area contributed by atoms with E-state index < -0.39 is 0 Å². The average molecular weight is 667 g/mol. The van der Waals surface area contributed by atoms with Crippen molar-refractivity contribution in [3.63, 3.8) is 0 Å². The molecule has 0 saturated carbocycles. The van der Waals surface area contributed by atoms with E-state index in [1.807, 2.05) is 18.2 Å². The third kappa shape index (κ3) is 7.21. The molecule has 7 aromatic carbocycles. The molecule has 7 aromatic rings. The van der Waals surface area contributed by atoms with Crippen molar-refractivity contribution in [2.45, 2.75) is 0 Å². The van der Waals surface area contributed by atoms with Gasteiger partial charge in [-0.2, -0.15) is 0 Å². The lowest BCUT2D eigenvalue weighted by Gasteiger charge is -2.19. The minimum atomic E-state index is -0.232. The normalized spacial score (nSPS) is 10.6. The number of benzene rings is 7. The summed E-state index contributed by atoms with van der Waals surface area (Å²) in [5, 5.41) is 0. The zero-order valence-corrected chi connectivity index (χ0v) is 27.3. The monoisotopic (exact) mass is 666 g/mol. The van der Waals surface area contributed by atoms with Crippen LogP contribution in [0.5, 0.6) is 34.5 Å². The Morgan fingerprint density at radius 3 is 0.902 bits per heavy atom. The maximum Gasteiger partial charge on any atom is 0.212 e. The van der Waals surface area contributed by atoms with Gasteiger partial charge in [-0.05, 0) is 48.5 Å². The zero-order chi connectivity index (χ0) is 35.0. The molecule has 0 radical (unpaired) electrons. The van der Waals surface area contributed by atoms with Gasteiger partial charge in [0.05, 0.1) is 16.7 Å². The minimum Gasteiger partial charge on any atom is -0.453 e. The first-order valence-corrected chi connectivity index (χ1v) is 16.3. The average Bonchev–Trinajstić information content (AvgIpc) is 3.20. The van der Waals surface area contributed by atoms with E-state index in [4.69, 9.17) is 14.2 Å². The van der Waals surface area contributed by atoms with E-state index in [0.717, 1.165) is 0 Å². The van der Waals surface area contributed by atoms with Crippen LogP contribution in [0.25, 0.3) is 0 Å². The number of rotatable bonds is 12. The number of carbonyl (C=O) groups is 3. The van der Waals surface area contributed by atoms with Gasteiger partial charge in [-0.15, -0.1) is 0 Å². The summed E-state index contributed by atoms with van der Waals surface area (Å²) in [4.78, 5) is 40.9. The van der Waals surface area contributed by atoms with Gasteiger partial charge in [0.15, 0.2) is 28.8 Å². The van der Waals surface area contributed by atoms with E-state index in [1.54, 1.807) is 164 Å². The molecule has 0 heterocycles. The molecule has 6 heteroatoms. The SMILES string of the molecule is O=C(c1ccccc1)c1ccccc1Oc1cccc(Oc2ccccc2C(=O)c2ccccc2)c1Oc1ccccc1C(=O)c1ccccc1. The number of carbonyl (C=O) groups excluding carboxylic acids is 3. The predicted molar refractivity (Wildman–Crippen MR) is 196 cm³/mol. The zero-order valence-electron chi connectivity index (χ0n) is 27.3. The Bertz CT molecular complexity index is 2220. The van der Waals surface area contributed by atoms with Crippen molar-refractivity contribution in [1.82, 2.24) is 0 Å². The van der Waals surface area contributed by atoms with Crippen molar-refractivity contribution in [2.75, 3.05) is 0 Å². The molecule has 0 aliphatic heterocycles. The second-order valence-corrected chi connectivity index (χ2v) is 11.5. The molecule has 0 aliphatic carbocycles. The Labute approximate surface area is 295 Å². The van der Waals surface area contributed by atoms with Crippen molar-refractivity contribution in [3.8, 4) is 34.5 Å². The van der Waals surface area contributed by atoms with Gasteiger partial charge in [0.1, 0.15) is 17.2 Å². The molecule has 7 rings (SSSR count). The first-order valence-electron chi connectivity index (χ1n) is 16.3. The Morgan fingerprint density at radius 2 is 0.549 bits per heavy atom. The summed E-state index contributed by atoms with van der Waals surface area (Å²) in [6.07, 6.45) is 0. The summed E-state index contributed by atoms with van der Waals surface area (Å²) < 4.78 is 19.6. The number of ketones is 3. The highest BCUT2D eigenvalue weighted by molar-refractivity contribution is 6.12. The van der Waals surface area contributed by atoms with Crippen LogP contribution in [0, 0.1) is 0 Å². The van der Waals surface area contributed by atoms with Crippen molar-refractivity contribution in [2.24, 2.45) is 0 Å². The number of hydrogen-bond acceptors (Lipinski definition) is 6. The van der Waals surface area contributed by atoms with E-state index in [0.29, 0.717) is 44.9 Å². The number of ether oxygens (including phenoxy) is 3. The van der Waals surface area contributed by atoms with Gasteiger partial charge in [-0.1, -0.05) is 133 Å². The molecule has 0 unspecified atom stereocenters. The van der Waals surface area contributed by atoms with E-state index in [1.165, 1.54) is 0 Å². The Kier molecular flexibility index (Phi) is 9.57. The van der Waals surface area contributed by atoms with Crippen LogP contribution < -0.4 is 14.2 Å². The van der Waals surface area contributed by atoms with Crippen molar-refractivity contribution in [3.05, 3.63) is 215 Å². The Balaban J connectivity index is 1.32. The largest absolute Gasteiger partial charge is 0.453 e. The molecule has 0 N–H and O–H groups in total. The lowest BCUT2D eigenvalue weighted by Crippen LogP contribution is -2.06. The van der Waals surface area contributed by atoms with Crippen LogP contribution in [0.15, 0.2) is 182 Å². The smallest absolute Gasteiger partial charge is 0.212 e. The van der Waals surface area contributed by atoms with E-state index in [-0.39, 0.29) is 40.3 Å². The predicted octanol–water partition coefficient (Wildman–Crippen LogP) is 10.8. The molecule has 0 aromatic heterocycles. The second-order valence-electron chi connectivity index (χ2n) is 11.5. The maximum absolute atomic E-state index is 13.7. The maximum atomic E-state index is 13.7. The summed E-state index contributed by atoms with van der Waals surface area (Å²) in [6, 6.07) is 52.7. The fourth-order valence-electron chi connectivity index (χ4n) is 5.57. The highest BCUT2D eigenvalue weighted by Gasteiger charge is 2.23. The lowest BCUT2D eigenvalue weighted by molar-refractivity contribution is 0.102. The van der Waals surface area contributed by atoms with Crippen LogP contribution in [-0.2, 0) is 0 Å². The first kappa shape index (κ1) is 32.5. The van der Waals surface area contributed by atoms with Crippen LogP contribution in [0.2, 0.25) is 0 Å². The van der Waals surface area contributed by atoms with Gasteiger partial charge in [0, 0.05) is 16.7 Å². The van der Waals surface area contributed by atoms with Crippen molar-refractivity contribution < 1.29 is 28.6 Å². The van der Waals surface area contributed by atoms with Gasteiger partial charge >= 0.3 is 0 Å². The molecular formula is C45H30O6. The van der Waals surface area contributed by atoms with Crippen molar-refractivity contribution in [1.29, 1.82) is 0 Å². The van der Waals surface area contributed by atoms with Gasteiger partial charge in [0.2, 0.25) is 5.75 Å². The summed E-state index contributed by atoms with van der Waals surface area (Å²) in [6.45, 7) is 0. The summed E-state index contributed by atoms with van der Waals surface area (Å²) in [5.41, 5.74) is 2.53. The molecule has 6 nitrogen and oxygen atoms in total. The van der Waals surface area contributed by atoms with Crippen LogP contribution in [-0.4, -0.2) is 17.3 Å². The minimum absolute atomic E-state index is 0.134. The highest BCUT2D eigenvalue weighted by Crippen LogP contribution is 2.46. The lowest BCUT2D eigenvalue weighted by atomic mass is 10.0. The standard InChI is InChI=1S/C45H30O6/c46-42(31-17-4-1-5-18-31)34-23-10-13-26-37(34)49-40-29-16-30-41(50-38-27-14-11-24-35(38)43(47)32-19-6-2-7-20-32)45(40)51-39-28-15-12-25-36(39)44(48)33-21-8-3-9-22-33/h1-30H. The van der Waals surface area contributed by atoms with Crippen LogP contribution in [0.4, 0.5) is 0 Å². The molecule has 51 heavy (non-hydrogen) atoms. The van der Waals surface area contributed by atoms with Crippen molar-refractivity contribution >= 4 is 17.3 Å². The molecule has 246 valence electrons. The Hall–Kier alpha value is -7.05. The quantitative estimate of drug-likeness (QED) is 0.121. The molecule has 0 atom stereocenters. The van der Waals surface area contributed by atoms with E-state index >= 15 is 0 Å². The molecule has 0 amide bonds. The van der Waals surface area contributed by atoms with Crippen LogP contribution >= 0.6 is 0 Å². The summed E-state index contributed by atoms with van der Waals surface area (Å²) >= 11 is 0. The Morgan fingerprint density at radius 1 is 0.275 bits per heavy atom. The molecule has 0 spiro atoms. The third-order valence-corrected chi connectivity index (χ3v) is 8.10. The fraction of sp³-hybridized carbons (Fsp3) is 0. The molecule has 0 bridgehead atoms. The van der Waals surface area contributed by atoms with E-state index in [2.05, 4.69) is 0 Å². The van der Waals surface area contributed by atoms with Gasteiger partial charge < -0.3 is 14.2 Å². The first-order chi connectivity index (χ1) is 25.1. The summed E-state index contributed by atoms with van der Waals surface area (Å²) in [7, 11) is 0. The van der Waals surface area contributed by atoms with Crippen LogP contribution in [0.1, 0.15) is 47.8 Å². The second kappa shape index (κ2) is 15.0. The number of para-hydroxylation sites is 4. The van der Waals surface area contributed by atoms with E-state index in [9.17, 15) is 14.4 Å². The van der Waals surface area contributed by atoms with Crippen LogP contribution in [0.3, 0.4) is 0 Å². The molecule has 0 fully saturated rings. The topological polar surface area (TPSA) is 78.9 Å². The van der Waals surface area contributed by atoms with Gasteiger partial charge in [-0.3, -0.25) is 14.4 Å². The third-order valence-electron chi connectivity index (χ3n) is 8.10. The van der Waals surface area contributed by atoms with Gasteiger partial charge in [0.25, 0.3) is 0 Å². The highest BCUT2D eigenvalue weighted by atomic mass is 16.5. The molecule has 0 aliphatic rings. The summed E-state index contributed by atoms with van der Waals surface area (Å²) in [5.74, 6) is 0.753.